The first-order chi connectivity index (χ1) is 16.4. The minimum absolute atomic E-state index is 0.0513. The highest BCUT2D eigenvalue weighted by molar-refractivity contribution is 5.75. The SMILES string of the molecule is CC(C)NC(=O)O[C@H]1CO[C@@H](c2cc(Nc3nc(-c4cnn(C)c4)cn4nccc34)n[nH]2)[C@@H]1F. The third kappa shape index (κ3) is 4.29. The molecular weight excluding hydrogens is 445 g/mol. The lowest BCUT2D eigenvalue weighted by Gasteiger charge is -2.16. The minimum atomic E-state index is -1.54. The number of aryl methyl sites for hydroxylation is 1. The summed E-state index contributed by atoms with van der Waals surface area (Å²) in [6.07, 6.45) is 2.88. The number of aromatic amines is 1. The van der Waals surface area contributed by atoms with Gasteiger partial charge >= 0.3 is 6.09 Å². The van der Waals surface area contributed by atoms with E-state index in [0.717, 1.165) is 11.1 Å². The van der Waals surface area contributed by atoms with E-state index >= 15 is 0 Å². The van der Waals surface area contributed by atoms with E-state index in [9.17, 15) is 9.18 Å². The van der Waals surface area contributed by atoms with E-state index in [4.69, 9.17) is 14.5 Å². The zero-order valence-corrected chi connectivity index (χ0v) is 18.8. The number of amides is 1. The molecule has 5 heterocycles. The Labute approximate surface area is 193 Å². The third-order valence-corrected chi connectivity index (χ3v) is 5.29. The predicted octanol–water partition coefficient (Wildman–Crippen LogP) is 2.51. The Morgan fingerprint density at radius 1 is 1.35 bits per heavy atom. The Hall–Kier alpha value is -4.00. The zero-order valence-electron chi connectivity index (χ0n) is 18.8. The van der Waals surface area contributed by atoms with Crippen LogP contribution in [0.15, 0.2) is 36.9 Å². The number of hydrogen-bond acceptors (Lipinski definition) is 8. The van der Waals surface area contributed by atoms with Gasteiger partial charge in [-0.2, -0.15) is 15.3 Å². The molecule has 1 saturated heterocycles. The molecule has 13 heteroatoms. The molecular formula is C21H24FN9O3. The van der Waals surface area contributed by atoms with Crippen molar-refractivity contribution in [2.75, 3.05) is 11.9 Å². The van der Waals surface area contributed by atoms with Crippen molar-refractivity contribution >= 4 is 23.2 Å². The Morgan fingerprint density at radius 3 is 2.97 bits per heavy atom. The largest absolute Gasteiger partial charge is 0.441 e. The van der Waals surface area contributed by atoms with Gasteiger partial charge in [0.25, 0.3) is 0 Å². The van der Waals surface area contributed by atoms with Crippen LogP contribution in [0.25, 0.3) is 16.8 Å². The molecule has 0 aliphatic carbocycles. The molecule has 0 spiro atoms. The van der Waals surface area contributed by atoms with Crippen LogP contribution < -0.4 is 10.6 Å². The summed E-state index contributed by atoms with van der Waals surface area (Å²) in [5.74, 6) is 0.944. The van der Waals surface area contributed by atoms with E-state index < -0.39 is 24.5 Å². The molecule has 1 aliphatic heterocycles. The first kappa shape index (κ1) is 21.8. The Bertz CT molecular complexity index is 1310. The molecule has 34 heavy (non-hydrogen) atoms. The monoisotopic (exact) mass is 469 g/mol. The summed E-state index contributed by atoms with van der Waals surface area (Å²) in [5, 5.41) is 21.3. The van der Waals surface area contributed by atoms with E-state index in [1.165, 1.54) is 0 Å². The number of H-pyrrole nitrogens is 1. The van der Waals surface area contributed by atoms with Crippen LogP contribution in [-0.4, -0.2) is 65.6 Å². The van der Waals surface area contributed by atoms with Crippen molar-refractivity contribution in [1.29, 1.82) is 0 Å². The number of rotatable bonds is 6. The second-order valence-corrected chi connectivity index (χ2v) is 8.31. The number of alkyl halides is 1. The van der Waals surface area contributed by atoms with Crippen molar-refractivity contribution in [3.05, 3.63) is 42.6 Å². The van der Waals surface area contributed by atoms with E-state index in [-0.39, 0.29) is 12.6 Å². The quantitative estimate of drug-likeness (QED) is 0.392. The summed E-state index contributed by atoms with van der Waals surface area (Å²) in [6, 6.07) is 3.34. The van der Waals surface area contributed by atoms with Crippen molar-refractivity contribution in [3.63, 3.8) is 0 Å². The molecule has 1 aliphatic rings. The second kappa shape index (κ2) is 8.74. The fraction of sp³-hybridized carbons (Fsp3) is 0.381. The molecule has 1 fully saturated rings. The van der Waals surface area contributed by atoms with Crippen LogP contribution in [0, 0.1) is 0 Å². The van der Waals surface area contributed by atoms with Crippen LogP contribution in [0.5, 0.6) is 0 Å². The average molecular weight is 469 g/mol. The molecule has 0 saturated carbocycles. The standard InChI is InChI=1S/C21H24FN9O3/c1-11(2)25-21(32)34-16-10-33-19(18(16)22)13-6-17(29-28-13)27-20-15-4-5-23-31(15)9-14(26-20)12-7-24-30(3)8-12/h4-9,11,16,18-19H,10H2,1-3H3,(H,25,32)(H2,26,27,28,29)/t16-,18+,19-/m0/s1. The van der Waals surface area contributed by atoms with Crippen LogP contribution in [0.1, 0.15) is 25.6 Å². The maximum Gasteiger partial charge on any atom is 0.407 e. The number of alkyl carbamates (subject to hydrolysis) is 1. The van der Waals surface area contributed by atoms with Crippen LogP contribution in [-0.2, 0) is 16.5 Å². The summed E-state index contributed by atoms with van der Waals surface area (Å²) >= 11 is 0. The van der Waals surface area contributed by atoms with Crippen LogP contribution >= 0.6 is 0 Å². The maximum absolute atomic E-state index is 15.0. The first-order valence-corrected chi connectivity index (χ1v) is 10.8. The smallest absolute Gasteiger partial charge is 0.407 e. The van der Waals surface area contributed by atoms with Crippen molar-refractivity contribution < 1.29 is 18.7 Å². The van der Waals surface area contributed by atoms with Gasteiger partial charge < -0.3 is 20.1 Å². The number of hydrogen-bond donors (Lipinski definition) is 3. The molecule has 5 rings (SSSR count). The molecule has 0 aromatic carbocycles. The molecule has 0 bridgehead atoms. The van der Waals surface area contributed by atoms with E-state index in [1.807, 2.05) is 25.5 Å². The lowest BCUT2D eigenvalue weighted by Crippen LogP contribution is -2.36. The third-order valence-electron chi connectivity index (χ3n) is 5.29. The number of carbonyl (C=O) groups is 1. The summed E-state index contributed by atoms with van der Waals surface area (Å²) < 4.78 is 29.1. The fourth-order valence-corrected chi connectivity index (χ4v) is 3.72. The van der Waals surface area contributed by atoms with E-state index in [2.05, 4.69) is 31.0 Å². The van der Waals surface area contributed by atoms with Crippen molar-refractivity contribution in [2.24, 2.45) is 7.05 Å². The number of anilines is 2. The number of carbonyl (C=O) groups excluding carboxylic acids is 1. The highest BCUT2D eigenvalue weighted by Gasteiger charge is 2.42. The lowest BCUT2D eigenvalue weighted by atomic mass is 10.1. The number of ether oxygens (including phenoxy) is 2. The summed E-state index contributed by atoms with van der Waals surface area (Å²) in [4.78, 5) is 16.5. The fourth-order valence-electron chi connectivity index (χ4n) is 3.72. The van der Waals surface area contributed by atoms with Crippen molar-refractivity contribution in [3.8, 4) is 11.3 Å². The Morgan fingerprint density at radius 2 is 2.21 bits per heavy atom. The van der Waals surface area contributed by atoms with Gasteiger partial charge in [-0.3, -0.25) is 9.78 Å². The van der Waals surface area contributed by atoms with Gasteiger partial charge in [0.05, 0.1) is 36.6 Å². The summed E-state index contributed by atoms with van der Waals surface area (Å²) in [7, 11) is 1.83. The zero-order chi connectivity index (χ0) is 23.8. The van der Waals surface area contributed by atoms with Gasteiger partial charge in [-0.1, -0.05) is 0 Å². The number of fused-ring (bicyclic) bond motifs is 1. The van der Waals surface area contributed by atoms with Gasteiger partial charge in [0.1, 0.15) is 11.6 Å². The molecule has 178 valence electrons. The van der Waals surface area contributed by atoms with Crippen molar-refractivity contribution in [1.82, 2.24) is 39.9 Å². The highest BCUT2D eigenvalue weighted by Crippen LogP contribution is 2.34. The Balaban J connectivity index is 1.33. The van der Waals surface area contributed by atoms with Gasteiger partial charge in [-0.15, -0.1) is 0 Å². The average Bonchev–Trinajstić information content (AvgIpc) is 3.56. The number of nitrogens with zero attached hydrogens (tertiary/aromatic N) is 6. The first-order valence-electron chi connectivity index (χ1n) is 10.8. The molecule has 3 atom stereocenters. The summed E-state index contributed by atoms with van der Waals surface area (Å²) in [6.45, 7) is 3.53. The maximum atomic E-state index is 15.0. The van der Waals surface area contributed by atoms with Crippen LogP contribution in [0.2, 0.25) is 0 Å². The molecule has 1 amide bonds. The Kier molecular flexibility index (Phi) is 5.61. The molecule has 0 radical (unpaired) electrons. The normalized spacial score (nSPS) is 20.2. The van der Waals surface area contributed by atoms with Crippen LogP contribution in [0.4, 0.5) is 20.8 Å². The molecule has 12 nitrogen and oxygen atoms in total. The van der Waals surface area contributed by atoms with Crippen molar-refractivity contribution in [2.45, 2.75) is 38.3 Å². The predicted molar refractivity (Wildman–Crippen MR) is 119 cm³/mol. The second-order valence-electron chi connectivity index (χ2n) is 8.31. The van der Waals surface area contributed by atoms with Crippen LogP contribution in [0.3, 0.4) is 0 Å². The minimum Gasteiger partial charge on any atom is -0.441 e. The van der Waals surface area contributed by atoms with Gasteiger partial charge in [0, 0.05) is 30.9 Å². The number of nitrogens with one attached hydrogen (secondary N) is 3. The molecule has 4 aromatic heterocycles. The van der Waals surface area contributed by atoms with Gasteiger partial charge in [0.2, 0.25) is 0 Å². The topological polar surface area (TPSA) is 136 Å². The number of halogens is 1. The van der Waals surface area contributed by atoms with Gasteiger partial charge in [-0.25, -0.2) is 18.7 Å². The van der Waals surface area contributed by atoms with E-state index in [1.54, 1.807) is 41.5 Å². The lowest BCUT2D eigenvalue weighted by molar-refractivity contribution is 0.0615. The molecule has 0 unspecified atom stereocenters. The van der Waals surface area contributed by atoms with E-state index in [0.29, 0.717) is 23.0 Å². The van der Waals surface area contributed by atoms with Gasteiger partial charge in [-0.05, 0) is 19.9 Å². The molecule has 3 N–H and O–H groups in total. The highest BCUT2D eigenvalue weighted by atomic mass is 19.1. The number of aromatic nitrogens is 7. The summed E-state index contributed by atoms with van der Waals surface area (Å²) in [5.41, 5.74) is 2.66. The molecule has 4 aromatic rings. The van der Waals surface area contributed by atoms with Gasteiger partial charge in [0.15, 0.2) is 23.9 Å².